The minimum Gasteiger partial charge on any atom is -0.309 e. The predicted octanol–water partition coefficient (Wildman–Crippen LogP) is 24.9. The minimum absolute atomic E-state index is 1.15. The molecule has 0 radical (unpaired) electrons. The number of hydrogen-bond acceptors (Lipinski definition) is 0. The average Bonchev–Trinajstić information content (AvgIpc) is 1.52. The van der Waals surface area contributed by atoms with Crippen LogP contribution in [-0.2, 0) is 0 Å². The predicted molar refractivity (Wildman–Crippen MR) is 409 cm³/mol. The standard InChI is InChI=1S/C50H32N2.C42H26N2/c1-3-14-33(15-4-1)35-26-29-38(30-27-35)51-44-25-12-11-24-43(44)48-49(51)42-23-10-9-22-41(42)47-46-40-21-8-7-18-36(40)28-31-45(46)52(50(47)48)39-20-13-19-37(32-39)34-16-5-2-6-17-34;1-2-15-30(16-3-1)43-36-21-11-10-20-35(36)40-41(43)34-19-9-8-18-33(34)39-38-32-17-7-6-13-28(32)23-25-37(38)44(42(39)40)31-24-22-27-12-4-5-14-29(27)26-31/h1-32H;1-26H. The Bertz CT molecular complexity index is 6730. The van der Waals surface area contributed by atoms with Crippen molar-refractivity contribution in [3.05, 3.63) is 352 Å². The molecule has 4 heterocycles. The molecular formula is C92H58N4. The highest BCUT2D eigenvalue weighted by Gasteiger charge is 2.28. The number of rotatable bonds is 6. The summed E-state index contributed by atoms with van der Waals surface area (Å²) in [6.45, 7) is 0. The lowest BCUT2D eigenvalue weighted by atomic mass is 9.97. The lowest BCUT2D eigenvalue weighted by Gasteiger charge is -2.14. The van der Waals surface area contributed by atoms with Crippen molar-refractivity contribution in [2.24, 2.45) is 0 Å². The molecule has 446 valence electrons. The van der Waals surface area contributed by atoms with Gasteiger partial charge in [0.1, 0.15) is 0 Å². The minimum atomic E-state index is 1.15. The normalized spacial score (nSPS) is 12.0. The van der Waals surface area contributed by atoms with E-state index in [-0.39, 0.29) is 0 Å². The van der Waals surface area contributed by atoms with E-state index in [4.69, 9.17) is 0 Å². The topological polar surface area (TPSA) is 19.7 Å². The van der Waals surface area contributed by atoms with Crippen molar-refractivity contribution in [1.29, 1.82) is 0 Å². The molecule has 0 spiro atoms. The van der Waals surface area contributed by atoms with E-state index in [1.165, 1.54) is 175 Å². The number of hydrogen-bond donors (Lipinski definition) is 0. The van der Waals surface area contributed by atoms with Crippen LogP contribution in [0.5, 0.6) is 0 Å². The molecule has 17 aromatic carbocycles. The van der Waals surface area contributed by atoms with Crippen LogP contribution in [0.3, 0.4) is 0 Å². The van der Waals surface area contributed by atoms with E-state index in [9.17, 15) is 0 Å². The van der Waals surface area contributed by atoms with Gasteiger partial charge in [-0.15, -0.1) is 0 Å². The quantitative estimate of drug-likeness (QED) is 0.158. The van der Waals surface area contributed by atoms with Gasteiger partial charge in [0.2, 0.25) is 0 Å². The number of aromatic nitrogens is 4. The van der Waals surface area contributed by atoms with Crippen LogP contribution in [0, 0.1) is 0 Å². The summed E-state index contributed by atoms with van der Waals surface area (Å²) in [7, 11) is 0. The molecule has 0 fully saturated rings. The van der Waals surface area contributed by atoms with E-state index < -0.39 is 0 Å². The van der Waals surface area contributed by atoms with Gasteiger partial charge in [0.15, 0.2) is 0 Å². The first-order valence-corrected chi connectivity index (χ1v) is 33.2. The van der Waals surface area contributed by atoms with Gasteiger partial charge in [-0.2, -0.15) is 0 Å². The van der Waals surface area contributed by atoms with Crippen LogP contribution in [0.4, 0.5) is 0 Å². The van der Waals surface area contributed by atoms with Gasteiger partial charge < -0.3 is 18.3 Å². The van der Waals surface area contributed by atoms with E-state index in [1.54, 1.807) is 0 Å². The van der Waals surface area contributed by atoms with Crippen LogP contribution in [-0.4, -0.2) is 18.3 Å². The van der Waals surface area contributed by atoms with E-state index in [0.29, 0.717) is 0 Å². The zero-order valence-corrected chi connectivity index (χ0v) is 52.3. The number of fused-ring (bicyclic) bond motifs is 25. The molecule has 21 aromatic rings. The molecule has 96 heavy (non-hydrogen) atoms. The van der Waals surface area contributed by atoms with Crippen LogP contribution in [0.2, 0.25) is 0 Å². The molecule has 0 amide bonds. The second kappa shape index (κ2) is 21.4. The average molecular weight is 1220 g/mol. The van der Waals surface area contributed by atoms with Crippen LogP contribution < -0.4 is 0 Å². The molecular weight excluding hydrogens is 1160 g/mol. The maximum atomic E-state index is 2.54. The van der Waals surface area contributed by atoms with Crippen LogP contribution in [0.15, 0.2) is 352 Å². The van der Waals surface area contributed by atoms with Crippen LogP contribution >= 0.6 is 0 Å². The van der Waals surface area contributed by atoms with Gasteiger partial charge in [0.05, 0.1) is 44.1 Å². The fourth-order valence-electron chi connectivity index (χ4n) is 16.3. The summed E-state index contributed by atoms with van der Waals surface area (Å²) in [5.74, 6) is 0. The van der Waals surface area contributed by atoms with Crippen molar-refractivity contribution in [2.45, 2.75) is 0 Å². The van der Waals surface area contributed by atoms with Crippen molar-refractivity contribution >= 4 is 141 Å². The summed E-state index contributed by atoms with van der Waals surface area (Å²) < 4.78 is 10.0. The third kappa shape index (κ3) is 8.03. The molecule has 0 bridgehead atoms. The Morgan fingerprint density at radius 1 is 0.146 bits per heavy atom. The van der Waals surface area contributed by atoms with Gasteiger partial charge in [0, 0.05) is 76.6 Å². The van der Waals surface area contributed by atoms with Crippen molar-refractivity contribution < 1.29 is 0 Å². The Balaban J connectivity index is 0.000000133. The van der Waals surface area contributed by atoms with Gasteiger partial charge >= 0.3 is 0 Å². The van der Waals surface area contributed by atoms with Crippen molar-refractivity contribution in [3.8, 4) is 45.0 Å². The lowest BCUT2D eigenvalue weighted by molar-refractivity contribution is 1.18. The molecule has 0 aliphatic carbocycles. The van der Waals surface area contributed by atoms with E-state index >= 15 is 0 Å². The smallest absolute Gasteiger partial charge is 0.0648 e. The Hall–Kier alpha value is -12.8. The van der Waals surface area contributed by atoms with E-state index in [0.717, 1.165) is 11.4 Å². The fraction of sp³-hybridized carbons (Fsp3) is 0. The van der Waals surface area contributed by atoms with Crippen molar-refractivity contribution in [2.75, 3.05) is 0 Å². The second-order valence-corrected chi connectivity index (χ2v) is 25.4. The van der Waals surface area contributed by atoms with Gasteiger partial charge in [0.25, 0.3) is 0 Å². The molecule has 4 nitrogen and oxygen atoms in total. The lowest BCUT2D eigenvalue weighted by Crippen LogP contribution is -1.97. The first kappa shape index (κ1) is 53.9. The summed E-state index contributed by atoms with van der Waals surface area (Å²) in [5, 5.41) is 22.8. The molecule has 0 aliphatic rings. The van der Waals surface area contributed by atoms with Crippen molar-refractivity contribution in [3.63, 3.8) is 0 Å². The molecule has 4 heteroatoms. The number of benzene rings is 17. The van der Waals surface area contributed by atoms with Gasteiger partial charge in [-0.05, 0) is 138 Å². The third-order valence-corrected chi connectivity index (χ3v) is 20.3. The van der Waals surface area contributed by atoms with Crippen LogP contribution in [0.25, 0.3) is 186 Å². The van der Waals surface area contributed by atoms with Gasteiger partial charge in [-0.1, -0.05) is 279 Å². The highest BCUT2D eigenvalue weighted by atomic mass is 15.0. The van der Waals surface area contributed by atoms with Gasteiger partial charge in [-0.3, -0.25) is 0 Å². The Kier molecular flexibility index (Phi) is 12.0. The summed E-state index contributed by atoms with van der Waals surface area (Å²) >= 11 is 0. The first-order chi connectivity index (χ1) is 47.7. The number of para-hydroxylation sites is 3. The Morgan fingerprint density at radius 3 is 1.02 bits per heavy atom. The monoisotopic (exact) mass is 1220 g/mol. The molecule has 0 aliphatic heterocycles. The summed E-state index contributed by atoms with van der Waals surface area (Å²) in [4.78, 5) is 0. The largest absolute Gasteiger partial charge is 0.309 e. The SMILES string of the molecule is c1ccc(-c2ccc(-n3c4ccccc4c4c3c3ccccc3c3c5c6ccccc6ccc5n(-c5cccc(-c6ccccc6)c5)c34)cc2)cc1.c1ccc(-n2c3ccccc3c3c2c2ccccc2c2c4c5ccccc5ccc4n(-c4ccc5ccccc5c4)c23)cc1. The molecule has 0 saturated heterocycles. The zero-order valence-electron chi connectivity index (χ0n) is 52.3. The second-order valence-electron chi connectivity index (χ2n) is 25.4. The molecule has 0 atom stereocenters. The third-order valence-electron chi connectivity index (χ3n) is 20.3. The van der Waals surface area contributed by atoms with Crippen LogP contribution in [0.1, 0.15) is 0 Å². The zero-order chi connectivity index (χ0) is 63.0. The highest BCUT2D eigenvalue weighted by Crippen LogP contribution is 2.51. The highest BCUT2D eigenvalue weighted by molar-refractivity contribution is 6.41. The fourth-order valence-corrected chi connectivity index (χ4v) is 16.3. The number of nitrogens with zero attached hydrogens (tertiary/aromatic N) is 4. The molecule has 0 unspecified atom stereocenters. The Labute approximate surface area is 552 Å². The summed E-state index contributed by atoms with van der Waals surface area (Å²) in [6.07, 6.45) is 0. The molecule has 0 N–H and O–H groups in total. The molecule has 0 saturated carbocycles. The Morgan fingerprint density at radius 2 is 0.490 bits per heavy atom. The van der Waals surface area contributed by atoms with Gasteiger partial charge in [-0.25, -0.2) is 0 Å². The van der Waals surface area contributed by atoms with Crippen molar-refractivity contribution in [1.82, 2.24) is 18.3 Å². The first-order valence-electron chi connectivity index (χ1n) is 33.2. The molecule has 4 aromatic heterocycles. The van der Waals surface area contributed by atoms with E-state index in [1.807, 2.05) is 0 Å². The summed E-state index contributed by atoms with van der Waals surface area (Å²) in [5.41, 5.74) is 19.3. The van der Waals surface area contributed by atoms with E-state index in [2.05, 4.69) is 370 Å². The maximum Gasteiger partial charge on any atom is 0.0648 e. The maximum absolute atomic E-state index is 2.54. The summed E-state index contributed by atoms with van der Waals surface area (Å²) in [6, 6.07) is 129. The molecule has 21 rings (SSSR count).